The van der Waals surface area contributed by atoms with E-state index in [0.29, 0.717) is 13.0 Å². The molecule has 3 nitrogen and oxygen atoms in total. The Labute approximate surface area is 167 Å². The molecular weight excluding hydrogens is 346 g/mol. The van der Waals surface area contributed by atoms with Gasteiger partial charge in [0.05, 0.1) is 6.61 Å². The topological polar surface area (TPSA) is 29.5 Å². The predicted octanol–water partition coefficient (Wildman–Crippen LogP) is 6.27. The van der Waals surface area contributed by atoms with Gasteiger partial charge in [0.1, 0.15) is 0 Å². The molecule has 0 aromatic heterocycles. The first kappa shape index (κ1) is 19.7. The summed E-state index contributed by atoms with van der Waals surface area (Å²) >= 11 is 0. The molecule has 0 aliphatic carbocycles. The van der Waals surface area contributed by atoms with Crippen LogP contribution in [-0.2, 0) is 16.0 Å². The molecule has 0 aliphatic heterocycles. The molecule has 0 radical (unpaired) electrons. The van der Waals surface area contributed by atoms with Crippen molar-refractivity contribution in [1.29, 1.82) is 0 Å². The molecule has 0 spiro atoms. The van der Waals surface area contributed by atoms with E-state index in [1.807, 2.05) is 6.92 Å². The highest BCUT2D eigenvalue weighted by molar-refractivity contribution is 5.76. The van der Waals surface area contributed by atoms with Crippen LogP contribution in [0.1, 0.15) is 30.0 Å². The molecule has 0 amide bonds. The van der Waals surface area contributed by atoms with Gasteiger partial charge in [0.25, 0.3) is 0 Å². The van der Waals surface area contributed by atoms with E-state index in [9.17, 15) is 4.79 Å². The van der Waals surface area contributed by atoms with E-state index in [2.05, 4.69) is 91.5 Å². The summed E-state index contributed by atoms with van der Waals surface area (Å²) in [5, 5.41) is 0. The number of carbonyl (C=O) groups excluding carboxylic acids is 1. The Balaban J connectivity index is 1.84. The van der Waals surface area contributed by atoms with Crippen molar-refractivity contribution < 1.29 is 9.53 Å². The first-order valence-electron chi connectivity index (χ1n) is 9.75. The molecule has 0 fully saturated rings. The van der Waals surface area contributed by atoms with Crippen LogP contribution >= 0.6 is 0 Å². The zero-order valence-electron chi connectivity index (χ0n) is 16.8. The summed E-state index contributed by atoms with van der Waals surface area (Å²) in [6.07, 6.45) is 1.14. The first-order valence-corrected chi connectivity index (χ1v) is 9.75. The van der Waals surface area contributed by atoms with Crippen molar-refractivity contribution in [2.75, 3.05) is 11.5 Å². The number of esters is 1. The number of nitrogens with zero attached hydrogens (tertiary/aromatic N) is 1. The normalized spacial score (nSPS) is 10.5. The molecule has 0 heterocycles. The van der Waals surface area contributed by atoms with Gasteiger partial charge in [-0.2, -0.15) is 0 Å². The Morgan fingerprint density at radius 3 is 1.61 bits per heavy atom. The van der Waals surface area contributed by atoms with Gasteiger partial charge in [-0.25, -0.2) is 0 Å². The molecule has 3 aromatic rings. The van der Waals surface area contributed by atoms with Crippen molar-refractivity contribution in [3.63, 3.8) is 0 Å². The van der Waals surface area contributed by atoms with Crippen LogP contribution in [0.15, 0.2) is 72.8 Å². The van der Waals surface area contributed by atoms with Crippen molar-refractivity contribution in [2.24, 2.45) is 0 Å². The molecule has 0 aliphatic rings. The van der Waals surface area contributed by atoms with Crippen molar-refractivity contribution in [1.82, 2.24) is 0 Å². The third kappa shape index (κ3) is 5.01. The highest BCUT2D eigenvalue weighted by Crippen LogP contribution is 2.34. The lowest BCUT2D eigenvalue weighted by Gasteiger charge is -2.26. The van der Waals surface area contributed by atoms with Gasteiger partial charge in [-0.1, -0.05) is 54.4 Å². The Morgan fingerprint density at radius 2 is 1.18 bits per heavy atom. The molecular formula is C25H27NO2. The molecule has 3 rings (SSSR count). The first-order chi connectivity index (χ1) is 13.6. The maximum Gasteiger partial charge on any atom is 0.305 e. The summed E-state index contributed by atoms with van der Waals surface area (Å²) in [6, 6.07) is 25.6. The lowest BCUT2D eigenvalue weighted by molar-refractivity contribution is -0.143. The van der Waals surface area contributed by atoms with Crippen LogP contribution in [0.2, 0.25) is 0 Å². The molecule has 0 atom stereocenters. The van der Waals surface area contributed by atoms with Gasteiger partial charge in [-0.15, -0.1) is 0 Å². The SMILES string of the molecule is CCC(=O)OCCc1ccc(N(c2ccc(C)cc2)c2ccc(C)cc2)cc1. The average molecular weight is 373 g/mol. The van der Waals surface area contributed by atoms with E-state index in [-0.39, 0.29) is 5.97 Å². The number of anilines is 3. The summed E-state index contributed by atoms with van der Waals surface area (Å²) in [6.45, 7) is 6.42. The molecule has 0 saturated heterocycles. The summed E-state index contributed by atoms with van der Waals surface area (Å²) in [7, 11) is 0. The minimum Gasteiger partial charge on any atom is -0.465 e. The molecule has 144 valence electrons. The van der Waals surface area contributed by atoms with E-state index in [4.69, 9.17) is 4.74 Å². The minimum absolute atomic E-state index is 0.151. The van der Waals surface area contributed by atoms with Crippen LogP contribution in [0.25, 0.3) is 0 Å². The molecule has 0 saturated carbocycles. The van der Waals surface area contributed by atoms with Crippen molar-refractivity contribution in [3.05, 3.63) is 89.5 Å². The maximum absolute atomic E-state index is 11.3. The third-order valence-corrected chi connectivity index (χ3v) is 4.72. The lowest BCUT2D eigenvalue weighted by atomic mass is 10.1. The summed E-state index contributed by atoms with van der Waals surface area (Å²) < 4.78 is 5.18. The van der Waals surface area contributed by atoms with Crippen LogP contribution in [0.3, 0.4) is 0 Å². The van der Waals surface area contributed by atoms with Crippen LogP contribution in [0.4, 0.5) is 17.1 Å². The van der Waals surface area contributed by atoms with Crippen LogP contribution in [0, 0.1) is 13.8 Å². The Morgan fingerprint density at radius 1 is 0.750 bits per heavy atom. The van der Waals surface area contributed by atoms with E-state index in [1.165, 1.54) is 11.1 Å². The summed E-state index contributed by atoms with van der Waals surface area (Å²) in [5.41, 5.74) is 6.98. The van der Waals surface area contributed by atoms with Crippen molar-refractivity contribution in [2.45, 2.75) is 33.6 Å². The van der Waals surface area contributed by atoms with Gasteiger partial charge >= 0.3 is 5.97 Å². The fraction of sp³-hybridized carbons (Fsp3) is 0.240. The molecule has 0 N–H and O–H groups in total. The smallest absolute Gasteiger partial charge is 0.305 e. The molecule has 28 heavy (non-hydrogen) atoms. The Hall–Kier alpha value is -3.07. The average Bonchev–Trinajstić information content (AvgIpc) is 2.72. The number of hydrogen-bond donors (Lipinski definition) is 0. The zero-order valence-corrected chi connectivity index (χ0v) is 16.8. The monoisotopic (exact) mass is 373 g/mol. The Kier molecular flexibility index (Phi) is 6.49. The second kappa shape index (κ2) is 9.23. The number of carbonyl (C=O) groups is 1. The molecule has 0 bridgehead atoms. The number of benzene rings is 3. The summed E-state index contributed by atoms with van der Waals surface area (Å²) in [5.74, 6) is -0.151. The van der Waals surface area contributed by atoms with Gasteiger partial charge in [-0.05, 0) is 55.8 Å². The quantitative estimate of drug-likeness (QED) is 0.457. The minimum atomic E-state index is -0.151. The predicted molar refractivity (Wildman–Crippen MR) is 116 cm³/mol. The standard InChI is InChI=1S/C25H27NO2/c1-4-25(27)28-18-17-21-9-15-24(16-10-21)26(22-11-5-19(2)6-12-22)23-13-7-20(3)8-14-23/h5-16H,4,17-18H2,1-3H3. The fourth-order valence-electron chi connectivity index (χ4n) is 3.03. The van der Waals surface area contributed by atoms with E-state index < -0.39 is 0 Å². The fourth-order valence-corrected chi connectivity index (χ4v) is 3.03. The number of rotatable bonds is 7. The van der Waals surface area contributed by atoms with Gasteiger partial charge in [-0.3, -0.25) is 4.79 Å². The summed E-state index contributed by atoms with van der Waals surface area (Å²) in [4.78, 5) is 13.5. The van der Waals surface area contributed by atoms with Gasteiger partial charge in [0, 0.05) is 29.9 Å². The number of hydrogen-bond acceptors (Lipinski definition) is 3. The second-order valence-electron chi connectivity index (χ2n) is 7.00. The van der Waals surface area contributed by atoms with E-state index in [1.54, 1.807) is 0 Å². The highest BCUT2D eigenvalue weighted by atomic mass is 16.5. The van der Waals surface area contributed by atoms with Crippen LogP contribution in [0.5, 0.6) is 0 Å². The molecule has 3 heteroatoms. The van der Waals surface area contributed by atoms with Gasteiger partial charge < -0.3 is 9.64 Å². The maximum atomic E-state index is 11.3. The molecule has 0 unspecified atom stereocenters. The van der Waals surface area contributed by atoms with Crippen molar-refractivity contribution >= 4 is 23.0 Å². The lowest BCUT2D eigenvalue weighted by Crippen LogP contribution is -2.10. The zero-order chi connectivity index (χ0) is 19.9. The largest absolute Gasteiger partial charge is 0.465 e. The van der Waals surface area contributed by atoms with Crippen LogP contribution < -0.4 is 4.90 Å². The molecule has 3 aromatic carbocycles. The third-order valence-electron chi connectivity index (χ3n) is 4.72. The Bertz CT molecular complexity index is 851. The number of ether oxygens (including phenoxy) is 1. The van der Waals surface area contributed by atoms with Crippen molar-refractivity contribution in [3.8, 4) is 0 Å². The van der Waals surface area contributed by atoms with Crippen LogP contribution in [-0.4, -0.2) is 12.6 Å². The second-order valence-corrected chi connectivity index (χ2v) is 7.00. The van der Waals surface area contributed by atoms with Gasteiger partial charge in [0.15, 0.2) is 0 Å². The number of aryl methyl sites for hydroxylation is 2. The van der Waals surface area contributed by atoms with E-state index >= 15 is 0 Å². The highest BCUT2D eigenvalue weighted by Gasteiger charge is 2.12. The van der Waals surface area contributed by atoms with Gasteiger partial charge in [0.2, 0.25) is 0 Å². The van der Waals surface area contributed by atoms with E-state index in [0.717, 1.165) is 29.0 Å².